The van der Waals surface area contributed by atoms with Crippen molar-refractivity contribution in [1.82, 2.24) is 9.13 Å². The molecule has 0 saturated heterocycles. The smallest absolute Gasteiger partial charge is 0.300 e. The number of aromatic nitrogens is 2. The third-order valence-electron chi connectivity index (χ3n) is 3.69. The van der Waals surface area contributed by atoms with Crippen molar-refractivity contribution in [2.75, 3.05) is 0 Å². The van der Waals surface area contributed by atoms with Crippen molar-refractivity contribution in [3.63, 3.8) is 0 Å². The average molecular weight is 272 g/mol. The van der Waals surface area contributed by atoms with Crippen LogP contribution in [0.3, 0.4) is 0 Å². The minimum atomic E-state index is -0.278. The molecule has 1 aromatic heterocycles. The maximum atomic E-state index is 12.0. The first-order valence-corrected chi connectivity index (χ1v) is 6.64. The van der Waals surface area contributed by atoms with Crippen molar-refractivity contribution >= 4 is 0 Å². The van der Waals surface area contributed by atoms with Gasteiger partial charge >= 0.3 is 5.69 Å². The van der Waals surface area contributed by atoms with Crippen molar-refractivity contribution < 1.29 is 0 Å². The van der Waals surface area contributed by atoms with Crippen LogP contribution in [-0.2, 0) is 20.5 Å². The van der Waals surface area contributed by atoms with Crippen molar-refractivity contribution in [3.05, 3.63) is 67.0 Å². The van der Waals surface area contributed by atoms with E-state index in [0.29, 0.717) is 12.0 Å². The Balaban J connectivity index is 2.60. The van der Waals surface area contributed by atoms with Crippen LogP contribution in [0.5, 0.6) is 0 Å². The summed E-state index contributed by atoms with van der Waals surface area (Å²) in [5.74, 6) is 0. The molecule has 0 N–H and O–H groups in total. The molecule has 0 fully saturated rings. The molecule has 20 heavy (non-hydrogen) atoms. The zero-order valence-corrected chi connectivity index (χ0v) is 12.7. The number of hydrogen-bond donors (Lipinski definition) is 0. The summed E-state index contributed by atoms with van der Waals surface area (Å²) >= 11 is 0. The first-order chi connectivity index (χ1) is 9.31. The van der Waals surface area contributed by atoms with Gasteiger partial charge in [0.25, 0.3) is 5.56 Å². The van der Waals surface area contributed by atoms with Crippen LogP contribution in [0.15, 0.2) is 27.8 Å². The number of nitrogens with zero attached hydrogens (tertiary/aromatic N) is 2. The Morgan fingerprint density at radius 1 is 0.900 bits per heavy atom. The Bertz CT molecular complexity index is 725. The Hall–Kier alpha value is -2.10. The van der Waals surface area contributed by atoms with Gasteiger partial charge in [-0.25, -0.2) is 4.79 Å². The number of benzene rings is 1. The van der Waals surface area contributed by atoms with Crippen molar-refractivity contribution in [2.45, 2.75) is 27.2 Å². The van der Waals surface area contributed by atoms with E-state index in [1.54, 1.807) is 18.5 Å². The monoisotopic (exact) mass is 272 g/mol. The van der Waals surface area contributed by atoms with E-state index in [-0.39, 0.29) is 11.2 Å². The Morgan fingerprint density at radius 3 is 2.00 bits per heavy atom. The lowest BCUT2D eigenvalue weighted by Crippen LogP contribution is -2.40. The molecule has 1 aromatic carbocycles. The summed E-state index contributed by atoms with van der Waals surface area (Å²) in [5.41, 5.74) is 4.41. The number of aryl methyl sites for hydroxylation is 2. The van der Waals surface area contributed by atoms with Gasteiger partial charge in [-0.3, -0.25) is 9.36 Å². The van der Waals surface area contributed by atoms with Crippen LogP contribution < -0.4 is 11.2 Å². The summed E-state index contributed by atoms with van der Waals surface area (Å²) in [6.07, 6.45) is 0.593. The molecule has 0 unspecified atom stereocenters. The highest BCUT2D eigenvalue weighted by molar-refractivity contribution is 5.32. The topological polar surface area (TPSA) is 44.0 Å². The zero-order valence-electron chi connectivity index (χ0n) is 12.7. The van der Waals surface area contributed by atoms with Gasteiger partial charge in [-0.15, -0.1) is 0 Å². The molecule has 2 rings (SSSR count). The maximum absolute atomic E-state index is 12.0. The average Bonchev–Trinajstić information content (AvgIpc) is 2.38. The van der Waals surface area contributed by atoms with E-state index in [1.165, 1.54) is 18.2 Å². The molecule has 106 valence electrons. The minimum Gasteiger partial charge on any atom is -0.300 e. The predicted molar refractivity (Wildman–Crippen MR) is 80.4 cm³/mol. The second kappa shape index (κ2) is 5.12. The van der Waals surface area contributed by atoms with Gasteiger partial charge in [0, 0.05) is 31.8 Å². The predicted octanol–water partition coefficient (Wildman–Crippen LogP) is 1.60. The molecule has 0 radical (unpaired) electrons. The lowest BCUT2D eigenvalue weighted by Gasteiger charge is -2.13. The highest BCUT2D eigenvalue weighted by Crippen LogP contribution is 2.14. The molecular formula is C16H20N2O2. The fraction of sp³-hybridized carbons (Fsp3) is 0.375. The Morgan fingerprint density at radius 2 is 1.45 bits per heavy atom. The summed E-state index contributed by atoms with van der Waals surface area (Å²) in [4.78, 5) is 24.0. The second-order valence-corrected chi connectivity index (χ2v) is 5.45. The molecule has 1 heterocycles. The SMILES string of the molecule is Cc1cc(C)cc(Cc2c(C)c(=O)n(C)c(=O)n2C)c1. The van der Waals surface area contributed by atoms with E-state index in [1.807, 2.05) is 13.8 Å². The van der Waals surface area contributed by atoms with Crippen LogP contribution in [0.2, 0.25) is 0 Å². The van der Waals surface area contributed by atoms with Crippen LogP contribution >= 0.6 is 0 Å². The van der Waals surface area contributed by atoms with E-state index < -0.39 is 0 Å². The molecule has 0 saturated carbocycles. The summed E-state index contributed by atoms with van der Waals surface area (Å²) in [5, 5.41) is 0. The van der Waals surface area contributed by atoms with E-state index in [9.17, 15) is 9.59 Å². The first kappa shape index (κ1) is 14.3. The minimum absolute atomic E-state index is 0.215. The summed E-state index contributed by atoms with van der Waals surface area (Å²) in [6, 6.07) is 6.29. The molecular weight excluding hydrogens is 252 g/mol. The third-order valence-corrected chi connectivity index (χ3v) is 3.69. The molecule has 0 aliphatic carbocycles. The highest BCUT2D eigenvalue weighted by Gasteiger charge is 2.12. The molecule has 4 nitrogen and oxygen atoms in total. The van der Waals surface area contributed by atoms with Gasteiger partial charge in [0.2, 0.25) is 0 Å². The van der Waals surface area contributed by atoms with E-state index in [4.69, 9.17) is 0 Å². The quantitative estimate of drug-likeness (QED) is 0.833. The Labute approximate surface area is 118 Å². The number of rotatable bonds is 2. The first-order valence-electron chi connectivity index (χ1n) is 6.64. The maximum Gasteiger partial charge on any atom is 0.330 e. The normalized spacial score (nSPS) is 10.8. The standard InChI is InChI=1S/C16H20N2O2/c1-10-6-11(2)8-13(7-10)9-14-12(3)15(19)18(5)16(20)17(14)4/h6-8H,9H2,1-5H3. The molecule has 0 atom stereocenters. The molecule has 0 amide bonds. The van der Waals surface area contributed by atoms with Gasteiger partial charge in [0.15, 0.2) is 0 Å². The van der Waals surface area contributed by atoms with Gasteiger partial charge in [0.1, 0.15) is 0 Å². The lowest BCUT2D eigenvalue weighted by atomic mass is 10.0. The van der Waals surface area contributed by atoms with E-state index in [2.05, 4.69) is 18.2 Å². The van der Waals surface area contributed by atoms with Crippen LogP contribution in [-0.4, -0.2) is 9.13 Å². The van der Waals surface area contributed by atoms with Gasteiger partial charge in [-0.05, 0) is 26.3 Å². The van der Waals surface area contributed by atoms with Crippen molar-refractivity contribution in [2.24, 2.45) is 14.1 Å². The van der Waals surface area contributed by atoms with Crippen LogP contribution in [0.25, 0.3) is 0 Å². The summed E-state index contributed by atoms with van der Waals surface area (Å²) in [6.45, 7) is 5.87. The van der Waals surface area contributed by atoms with Gasteiger partial charge in [-0.2, -0.15) is 0 Å². The molecule has 2 aromatic rings. The molecule has 0 spiro atoms. The van der Waals surface area contributed by atoms with Gasteiger partial charge in [-0.1, -0.05) is 29.3 Å². The van der Waals surface area contributed by atoms with E-state index >= 15 is 0 Å². The molecule has 0 aliphatic rings. The Kier molecular flexibility index (Phi) is 3.66. The molecule has 0 bridgehead atoms. The van der Waals surface area contributed by atoms with E-state index in [0.717, 1.165) is 15.8 Å². The van der Waals surface area contributed by atoms with Crippen molar-refractivity contribution in [1.29, 1.82) is 0 Å². The summed E-state index contributed by atoms with van der Waals surface area (Å²) in [7, 11) is 3.23. The van der Waals surface area contributed by atoms with Crippen molar-refractivity contribution in [3.8, 4) is 0 Å². The largest absolute Gasteiger partial charge is 0.330 e. The van der Waals surface area contributed by atoms with Gasteiger partial charge in [0.05, 0.1) is 0 Å². The molecule has 0 aliphatic heterocycles. The van der Waals surface area contributed by atoms with Crippen LogP contribution in [0.1, 0.15) is 27.9 Å². The summed E-state index contributed by atoms with van der Waals surface area (Å²) < 4.78 is 2.72. The second-order valence-electron chi connectivity index (χ2n) is 5.45. The third kappa shape index (κ3) is 2.46. The highest BCUT2D eigenvalue weighted by atomic mass is 16.2. The fourth-order valence-corrected chi connectivity index (χ4v) is 2.67. The van der Waals surface area contributed by atoms with Crippen LogP contribution in [0, 0.1) is 20.8 Å². The fourth-order valence-electron chi connectivity index (χ4n) is 2.67. The number of hydrogen-bond acceptors (Lipinski definition) is 2. The lowest BCUT2D eigenvalue weighted by molar-refractivity contribution is 0.648. The van der Waals surface area contributed by atoms with Crippen LogP contribution in [0.4, 0.5) is 0 Å². The molecule has 4 heteroatoms. The van der Waals surface area contributed by atoms with Gasteiger partial charge < -0.3 is 4.57 Å². The zero-order chi connectivity index (χ0) is 15.0.